The summed E-state index contributed by atoms with van der Waals surface area (Å²) < 4.78 is 25.7. The smallest absolute Gasteiger partial charge is 0.240 e. The van der Waals surface area contributed by atoms with Crippen molar-refractivity contribution in [2.24, 2.45) is 5.92 Å². The zero-order chi connectivity index (χ0) is 25.3. The molecule has 0 radical (unpaired) electrons. The Morgan fingerprint density at radius 1 is 1.29 bits per heavy atom. The highest BCUT2D eigenvalue weighted by Crippen LogP contribution is 2.36. The third-order valence-electron chi connectivity index (χ3n) is 7.36. The van der Waals surface area contributed by atoms with Gasteiger partial charge in [0.15, 0.2) is 0 Å². The number of nitrogens with one attached hydrogen (secondary N) is 2. The van der Waals surface area contributed by atoms with E-state index in [4.69, 9.17) is 21.1 Å². The van der Waals surface area contributed by atoms with Crippen molar-refractivity contribution in [1.82, 2.24) is 10.6 Å². The van der Waals surface area contributed by atoms with E-state index in [2.05, 4.69) is 10.6 Å². The second-order valence-electron chi connectivity index (χ2n) is 9.65. The number of hydrogen-bond donors (Lipinski definition) is 5. The van der Waals surface area contributed by atoms with Crippen LogP contribution >= 0.6 is 23.4 Å². The van der Waals surface area contributed by atoms with E-state index in [9.17, 15) is 24.5 Å². The van der Waals surface area contributed by atoms with Crippen molar-refractivity contribution < 1.29 is 34.0 Å². The van der Waals surface area contributed by atoms with Crippen LogP contribution in [0.2, 0.25) is 0 Å². The molecule has 1 aromatic carbocycles. The van der Waals surface area contributed by atoms with Crippen molar-refractivity contribution in [3.63, 3.8) is 0 Å². The van der Waals surface area contributed by atoms with Crippen molar-refractivity contribution in [2.45, 2.75) is 79.1 Å². The van der Waals surface area contributed by atoms with Gasteiger partial charge in [0.25, 0.3) is 0 Å². The Hall–Kier alpha value is -0.980. The lowest BCUT2D eigenvalue weighted by molar-refractivity contribution is -0.205. The summed E-state index contributed by atoms with van der Waals surface area (Å²) in [5.74, 6) is -0.387. The number of fused-ring (bicyclic) bond motifs is 1. The van der Waals surface area contributed by atoms with E-state index >= 15 is 0 Å². The normalized spacial score (nSPS) is 39.3. The van der Waals surface area contributed by atoms with Gasteiger partial charge in [0.1, 0.15) is 41.7 Å². The monoisotopic (exact) mass is 532 g/mol. The number of benzene rings is 1. The van der Waals surface area contributed by atoms with E-state index in [0.29, 0.717) is 13.2 Å². The molecule has 0 aliphatic carbocycles. The van der Waals surface area contributed by atoms with Crippen molar-refractivity contribution in [1.29, 1.82) is 0 Å². The SMILES string of the molecule is CSC1O[C@H]([C@H](NC(=O)[C@H]2NC[C@@H]3C[C@@H](c4cccc(F)c4)CCO[C@H]32)[C@H](C)Cl)[C@@H](O)C(O)[C@H]1O. The molecular weight excluding hydrogens is 499 g/mol. The minimum atomic E-state index is -1.43. The van der Waals surface area contributed by atoms with Crippen LogP contribution in [0.5, 0.6) is 0 Å². The molecule has 5 N–H and O–H groups in total. The molecule has 3 aliphatic rings. The number of alkyl halides is 1. The Morgan fingerprint density at radius 3 is 2.74 bits per heavy atom. The van der Waals surface area contributed by atoms with Crippen molar-refractivity contribution in [3.05, 3.63) is 35.6 Å². The summed E-state index contributed by atoms with van der Waals surface area (Å²) in [6.07, 6.45) is -2.26. The summed E-state index contributed by atoms with van der Waals surface area (Å²) in [6.45, 7) is 2.70. The van der Waals surface area contributed by atoms with Crippen LogP contribution in [0, 0.1) is 11.7 Å². The maximum absolute atomic E-state index is 13.8. The number of hydrogen-bond acceptors (Lipinski definition) is 8. The van der Waals surface area contributed by atoms with Gasteiger partial charge in [-0.25, -0.2) is 4.39 Å². The molecule has 4 rings (SSSR count). The van der Waals surface area contributed by atoms with Crippen LogP contribution in [0.1, 0.15) is 31.2 Å². The third kappa shape index (κ3) is 5.80. The first-order chi connectivity index (χ1) is 16.7. The van der Waals surface area contributed by atoms with Gasteiger partial charge in [-0.05, 0) is 49.6 Å². The lowest BCUT2D eigenvalue weighted by atomic mass is 9.85. The second-order valence-corrected chi connectivity index (χ2v) is 11.3. The van der Waals surface area contributed by atoms with Crippen molar-refractivity contribution in [3.8, 4) is 0 Å². The fraction of sp³-hybridized carbons (Fsp3) is 0.708. The molecule has 1 aromatic rings. The number of amides is 1. The Bertz CT molecular complexity index is 882. The predicted molar refractivity (Wildman–Crippen MR) is 131 cm³/mol. The second kappa shape index (κ2) is 11.6. The average molecular weight is 533 g/mol. The van der Waals surface area contributed by atoms with Gasteiger partial charge in [0, 0.05) is 19.1 Å². The molecule has 1 amide bonds. The highest BCUT2D eigenvalue weighted by atomic mass is 35.5. The van der Waals surface area contributed by atoms with Gasteiger partial charge in [0.2, 0.25) is 5.91 Å². The number of aliphatic hydroxyl groups is 3. The summed E-state index contributed by atoms with van der Waals surface area (Å²) in [6, 6.07) is 5.19. The van der Waals surface area contributed by atoms with E-state index in [1.165, 1.54) is 17.8 Å². The molecule has 196 valence electrons. The Kier molecular flexibility index (Phi) is 8.97. The molecular formula is C24H34ClFN2O6S. The maximum atomic E-state index is 13.8. The predicted octanol–water partition coefficient (Wildman–Crippen LogP) is 0.959. The highest BCUT2D eigenvalue weighted by Gasteiger charge is 2.49. The van der Waals surface area contributed by atoms with Gasteiger partial charge in [-0.1, -0.05) is 12.1 Å². The quantitative estimate of drug-likeness (QED) is 0.344. The molecule has 2 unspecified atom stereocenters. The van der Waals surface area contributed by atoms with Gasteiger partial charge in [-0.2, -0.15) is 0 Å². The van der Waals surface area contributed by atoms with Crippen LogP contribution in [0.15, 0.2) is 24.3 Å². The number of rotatable bonds is 6. The van der Waals surface area contributed by atoms with E-state index in [1.54, 1.807) is 25.3 Å². The number of aliphatic hydroxyl groups excluding tert-OH is 3. The molecule has 0 saturated carbocycles. The Morgan fingerprint density at radius 2 is 2.06 bits per heavy atom. The van der Waals surface area contributed by atoms with Crippen LogP contribution < -0.4 is 10.6 Å². The molecule has 11 atom stereocenters. The molecule has 3 saturated heterocycles. The van der Waals surface area contributed by atoms with E-state index in [-0.39, 0.29) is 29.7 Å². The summed E-state index contributed by atoms with van der Waals surface area (Å²) in [5, 5.41) is 36.6. The molecule has 0 aromatic heterocycles. The molecule has 3 heterocycles. The standard InChI is InChI=1S/C24H34ClFN2O6S/c1-11(25)16(22-19(30)18(29)20(31)24(34-22)35-2)28-23(32)17-21-14(10-27-17)8-13(6-7-33-21)12-4-3-5-15(26)9-12/h3-5,9,11,13-14,16-22,24,27,29-31H,6-8,10H2,1-2H3,(H,28,32)/t11-,13-,14-,16+,17-,18?,19-,20+,21+,22+,24?/m0/s1. The van der Waals surface area contributed by atoms with E-state index < -0.39 is 47.3 Å². The van der Waals surface area contributed by atoms with E-state index in [0.717, 1.165) is 18.4 Å². The molecule has 0 bridgehead atoms. The molecule has 8 nitrogen and oxygen atoms in total. The number of halogens is 2. The lowest BCUT2D eigenvalue weighted by Gasteiger charge is -2.44. The average Bonchev–Trinajstić information content (AvgIpc) is 3.11. The van der Waals surface area contributed by atoms with Crippen LogP contribution in [0.4, 0.5) is 4.39 Å². The first-order valence-electron chi connectivity index (χ1n) is 12.0. The van der Waals surface area contributed by atoms with Crippen molar-refractivity contribution in [2.75, 3.05) is 19.4 Å². The number of ether oxygens (including phenoxy) is 2. The lowest BCUT2D eigenvalue weighted by Crippen LogP contribution is -2.65. The van der Waals surface area contributed by atoms with Gasteiger partial charge >= 0.3 is 0 Å². The Balaban J connectivity index is 1.44. The molecule has 3 aliphatic heterocycles. The largest absolute Gasteiger partial charge is 0.388 e. The van der Waals surface area contributed by atoms with Gasteiger partial charge in [0.05, 0.1) is 17.5 Å². The third-order valence-corrected chi connectivity index (χ3v) is 8.48. The van der Waals surface area contributed by atoms with Crippen LogP contribution in [0.3, 0.4) is 0 Å². The van der Waals surface area contributed by atoms with Crippen molar-refractivity contribution >= 4 is 29.3 Å². The van der Waals surface area contributed by atoms with Crippen LogP contribution in [-0.4, -0.2) is 94.1 Å². The van der Waals surface area contributed by atoms with Crippen LogP contribution in [-0.2, 0) is 14.3 Å². The fourth-order valence-electron chi connectivity index (χ4n) is 5.45. The molecule has 35 heavy (non-hydrogen) atoms. The molecule has 0 spiro atoms. The van der Waals surface area contributed by atoms with Gasteiger partial charge in [-0.15, -0.1) is 23.4 Å². The number of carbonyl (C=O) groups is 1. The van der Waals surface area contributed by atoms with Crippen LogP contribution in [0.25, 0.3) is 0 Å². The fourth-order valence-corrected chi connectivity index (χ4v) is 6.33. The molecule has 3 fully saturated rings. The zero-order valence-electron chi connectivity index (χ0n) is 19.7. The first kappa shape index (κ1) is 27.1. The highest BCUT2D eigenvalue weighted by molar-refractivity contribution is 7.99. The summed E-state index contributed by atoms with van der Waals surface area (Å²) in [7, 11) is 0. The summed E-state index contributed by atoms with van der Waals surface area (Å²) in [5.41, 5.74) is 0.165. The number of thioether (sulfide) groups is 1. The maximum Gasteiger partial charge on any atom is 0.240 e. The minimum absolute atomic E-state index is 0.0720. The minimum Gasteiger partial charge on any atom is -0.388 e. The van der Waals surface area contributed by atoms with Gasteiger partial charge in [-0.3, -0.25) is 4.79 Å². The van der Waals surface area contributed by atoms with Gasteiger partial charge < -0.3 is 35.4 Å². The summed E-state index contributed by atoms with van der Waals surface area (Å²) >= 11 is 7.59. The van der Waals surface area contributed by atoms with E-state index in [1.807, 2.05) is 6.07 Å². The first-order valence-corrected chi connectivity index (χ1v) is 13.7. The number of carbonyl (C=O) groups excluding carboxylic acids is 1. The molecule has 11 heteroatoms. The Labute approximate surface area is 213 Å². The summed E-state index contributed by atoms with van der Waals surface area (Å²) in [4.78, 5) is 13.4. The zero-order valence-corrected chi connectivity index (χ0v) is 21.3. The topological polar surface area (TPSA) is 120 Å².